The molecule has 4 heteroatoms. The summed E-state index contributed by atoms with van der Waals surface area (Å²) in [6.07, 6.45) is 0. The minimum Gasteiger partial charge on any atom is -0.268 e. The monoisotopic (exact) mass is 225 g/mol. The summed E-state index contributed by atoms with van der Waals surface area (Å²) in [6.45, 7) is 1.97. The van der Waals surface area contributed by atoms with E-state index in [1.165, 1.54) is 10.7 Å². The van der Waals surface area contributed by atoms with E-state index in [-0.39, 0.29) is 5.56 Å². The van der Waals surface area contributed by atoms with Crippen molar-refractivity contribution in [3.63, 3.8) is 0 Å². The van der Waals surface area contributed by atoms with Crippen molar-refractivity contribution < 1.29 is 0 Å². The minimum atomic E-state index is -0.280. The first kappa shape index (κ1) is 11.1. The largest absolute Gasteiger partial charge is 0.268 e. The predicted octanol–water partition coefficient (Wildman–Crippen LogP) is 1.63. The molecular weight excluding hydrogens is 214 g/mol. The molecule has 0 saturated carbocycles. The van der Waals surface area contributed by atoms with Crippen molar-refractivity contribution in [1.29, 1.82) is 5.26 Å². The first-order chi connectivity index (χ1) is 8.11. The van der Waals surface area contributed by atoms with Crippen molar-refractivity contribution in [1.82, 2.24) is 9.78 Å². The highest BCUT2D eigenvalue weighted by Crippen LogP contribution is 2.20. The number of aromatic nitrogens is 2. The maximum atomic E-state index is 11.4. The van der Waals surface area contributed by atoms with Gasteiger partial charge in [0.15, 0.2) is 0 Å². The highest BCUT2D eigenvalue weighted by atomic mass is 16.1. The van der Waals surface area contributed by atoms with Crippen LogP contribution in [0.5, 0.6) is 0 Å². The fraction of sp³-hybridized carbons (Fsp3) is 0.154. The van der Waals surface area contributed by atoms with Crippen LogP contribution in [0, 0.1) is 18.3 Å². The number of aryl methyl sites for hydroxylation is 2. The van der Waals surface area contributed by atoms with Crippen LogP contribution in [-0.2, 0) is 7.05 Å². The van der Waals surface area contributed by atoms with Crippen LogP contribution < -0.4 is 5.56 Å². The van der Waals surface area contributed by atoms with E-state index in [0.717, 1.165) is 11.1 Å². The molecule has 0 fully saturated rings. The molecule has 2 aromatic rings. The molecule has 1 aromatic carbocycles. The van der Waals surface area contributed by atoms with Gasteiger partial charge in [-0.15, -0.1) is 0 Å². The molecule has 0 bridgehead atoms. The molecule has 0 aliphatic rings. The molecule has 17 heavy (non-hydrogen) atoms. The summed E-state index contributed by atoms with van der Waals surface area (Å²) >= 11 is 0. The van der Waals surface area contributed by atoms with Crippen LogP contribution in [0.2, 0.25) is 0 Å². The number of hydrogen-bond acceptors (Lipinski definition) is 3. The summed E-state index contributed by atoms with van der Waals surface area (Å²) in [5.74, 6) is 0. The van der Waals surface area contributed by atoms with Gasteiger partial charge in [-0.25, -0.2) is 4.68 Å². The lowest BCUT2D eigenvalue weighted by Gasteiger charge is -2.05. The molecule has 0 spiro atoms. The molecule has 0 aliphatic carbocycles. The van der Waals surface area contributed by atoms with Gasteiger partial charge in [0.05, 0.1) is 5.56 Å². The van der Waals surface area contributed by atoms with Crippen molar-refractivity contribution >= 4 is 0 Å². The second-order valence-corrected chi connectivity index (χ2v) is 3.85. The Bertz CT molecular complexity index is 665. The van der Waals surface area contributed by atoms with E-state index in [9.17, 15) is 4.79 Å². The molecule has 0 amide bonds. The first-order valence-corrected chi connectivity index (χ1v) is 5.17. The Kier molecular flexibility index (Phi) is 2.75. The lowest BCUT2D eigenvalue weighted by molar-refractivity contribution is 0.710. The Balaban J connectivity index is 2.71. The molecule has 0 atom stereocenters. The Morgan fingerprint density at radius 3 is 2.76 bits per heavy atom. The lowest BCUT2D eigenvalue weighted by atomic mass is 10.1. The van der Waals surface area contributed by atoms with Crippen molar-refractivity contribution in [2.75, 3.05) is 0 Å². The van der Waals surface area contributed by atoms with Gasteiger partial charge < -0.3 is 0 Å². The number of benzene rings is 1. The normalized spacial score (nSPS) is 9.94. The number of nitriles is 1. The van der Waals surface area contributed by atoms with Crippen molar-refractivity contribution in [2.24, 2.45) is 7.05 Å². The molecule has 1 aromatic heterocycles. The third-order valence-electron chi connectivity index (χ3n) is 2.50. The average Bonchev–Trinajstić information content (AvgIpc) is 2.32. The molecule has 0 aliphatic heterocycles. The minimum absolute atomic E-state index is 0.280. The maximum Gasteiger partial charge on any atom is 0.267 e. The summed E-state index contributed by atoms with van der Waals surface area (Å²) in [4.78, 5) is 11.4. The number of rotatable bonds is 1. The molecule has 0 unspecified atom stereocenters. The fourth-order valence-corrected chi connectivity index (χ4v) is 1.63. The van der Waals surface area contributed by atoms with Gasteiger partial charge in [0, 0.05) is 18.7 Å². The van der Waals surface area contributed by atoms with Crippen LogP contribution in [0.1, 0.15) is 11.1 Å². The zero-order chi connectivity index (χ0) is 12.4. The second-order valence-electron chi connectivity index (χ2n) is 3.85. The summed E-state index contributed by atoms with van der Waals surface area (Å²) < 4.78 is 1.23. The Morgan fingerprint density at radius 1 is 1.35 bits per heavy atom. The van der Waals surface area contributed by atoms with Crippen LogP contribution in [0.4, 0.5) is 0 Å². The Morgan fingerprint density at radius 2 is 2.12 bits per heavy atom. The van der Waals surface area contributed by atoms with Gasteiger partial charge in [-0.05, 0) is 13.0 Å². The second kappa shape index (κ2) is 4.22. The summed E-state index contributed by atoms with van der Waals surface area (Å²) in [6, 6.07) is 11.0. The van der Waals surface area contributed by atoms with Crippen LogP contribution in [0.25, 0.3) is 11.3 Å². The average molecular weight is 225 g/mol. The lowest BCUT2D eigenvalue weighted by Crippen LogP contribution is -2.20. The van der Waals surface area contributed by atoms with Crippen molar-refractivity contribution in [3.05, 3.63) is 51.8 Å². The van der Waals surface area contributed by atoms with E-state index in [4.69, 9.17) is 5.26 Å². The van der Waals surface area contributed by atoms with E-state index < -0.39 is 0 Å². The zero-order valence-corrected chi connectivity index (χ0v) is 9.64. The van der Waals surface area contributed by atoms with Crippen LogP contribution in [0.3, 0.4) is 0 Å². The van der Waals surface area contributed by atoms with Crippen LogP contribution >= 0.6 is 0 Å². The number of nitrogens with zero attached hydrogens (tertiary/aromatic N) is 3. The molecule has 0 saturated heterocycles. The van der Waals surface area contributed by atoms with Gasteiger partial charge in [-0.3, -0.25) is 4.79 Å². The number of hydrogen-bond donors (Lipinski definition) is 0. The SMILES string of the molecule is Cc1cccc(-c2nn(C)c(=O)cc2C#N)c1. The quantitative estimate of drug-likeness (QED) is 0.741. The smallest absolute Gasteiger partial charge is 0.267 e. The van der Waals surface area contributed by atoms with Gasteiger partial charge in [0.1, 0.15) is 11.8 Å². The molecule has 1 heterocycles. The van der Waals surface area contributed by atoms with Crippen LogP contribution in [0.15, 0.2) is 35.1 Å². The third-order valence-corrected chi connectivity index (χ3v) is 2.50. The summed E-state index contributed by atoms with van der Waals surface area (Å²) in [5, 5.41) is 13.2. The van der Waals surface area contributed by atoms with Gasteiger partial charge >= 0.3 is 0 Å². The molecule has 0 radical (unpaired) electrons. The summed E-state index contributed by atoms with van der Waals surface area (Å²) in [7, 11) is 1.57. The Hall–Kier alpha value is -2.41. The molecule has 84 valence electrons. The maximum absolute atomic E-state index is 11.4. The molecule has 4 nitrogen and oxygen atoms in total. The van der Waals surface area contributed by atoms with Gasteiger partial charge in [-0.1, -0.05) is 23.8 Å². The highest BCUT2D eigenvalue weighted by molar-refractivity contribution is 5.66. The van der Waals surface area contributed by atoms with Gasteiger partial charge in [0.25, 0.3) is 5.56 Å². The van der Waals surface area contributed by atoms with Crippen molar-refractivity contribution in [3.8, 4) is 17.3 Å². The third kappa shape index (κ3) is 2.08. The standard InChI is InChI=1S/C13H11N3O/c1-9-4-3-5-10(6-9)13-11(8-14)7-12(17)16(2)15-13/h3-7H,1-2H3. The topological polar surface area (TPSA) is 58.7 Å². The Labute approximate surface area is 98.8 Å². The van der Waals surface area contributed by atoms with E-state index in [1.807, 2.05) is 37.3 Å². The van der Waals surface area contributed by atoms with Crippen LogP contribution in [-0.4, -0.2) is 9.78 Å². The van der Waals surface area contributed by atoms with E-state index in [2.05, 4.69) is 5.10 Å². The fourth-order valence-electron chi connectivity index (χ4n) is 1.63. The predicted molar refractivity (Wildman–Crippen MR) is 64.4 cm³/mol. The first-order valence-electron chi connectivity index (χ1n) is 5.17. The van der Waals surface area contributed by atoms with Gasteiger partial charge in [-0.2, -0.15) is 10.4 Å². The van der Waals surface area contributed by atoms with E-state index in [0.29, 0.717) is 11.3 Å². The van der Waals surface area contributed by atoms with Crippen molar-refractivity contribution in [2.45, 2.75) is 6.92 Å². The molecule has 0 N–H and O–H groups in total. The molecular formula is C13H11N3O. The molecule has 2 rings (SSSR count). The zero-order valence-electron chi connectivity index (χ0n) is 9.64. The van der Waals surface area contributed by atoms with E-state index in [1.54, 1.807) is 7.05 Å². The van der Waals surface area contributed by atoms with Gasteiger partial charge in [0.2, 0.25) is 0 Å². The summed E-state index contributed by atoms with van der Waals surface area (Å²) in [5.41, 5.74) is 2.49. The highest BCUT2D eigenvalue weighted by Gasteiger charge is 2.09. The van der Waals surface area contributed by atoms with E-state index >= 15 is 0 Å².